The Morgan fingerprint density at radius 3 is 2.55 bits per heavy atom. The van der Waals surface area contributed by atoms with Gasteiger partial charge in [0.15, 0.2) is 5.84 Å². The monoisotopic (exact) mass is 298 g/mol. The molecule has 1 fully saturated rings. The number of rotatable bonds is 6. The summed E-state index contributed by atoms with van der Waals surface area (Å²) in [5, 5.41) is 19.8. The van der Waals surface area contributed by atoms with Crippen molar-refractivity contribution in [1.29, 1.82) is 10.7 Å². The summed E-state index contributed by atoms with van der Waals surface area (Å²) in [6, 6.07) is 9.73. The van der Waals surface area contributed by atoms with Gasteiger partial charge in [-0.25, -0.2) is 0 Å². The Morgan fingerprint density at radius 1 is 1.27 bits per heavy atom. The fourth-order valence-electron chi connectivity index (χ4n) is 2.48. The number of piperidine rings is 1. The van der Waals surface area contributed by atoms with Gasteiger partial charge in [-0.15, -0.1) is 0 Å². The van der Waals surface area contributed by atoms with Gasteiger partial charge in [-0.3, -0.25) is 10.8 Å². The van der Waals surface area contributed by atoms with E-state index in [0.717, 1.165) is 18.7 Å². The predicted octanol–water partition coefficient (Wildman–Crippen LogP) is 1.94. The first-order valence-electron chi connectivity index (χ1n) is 7.58. The standard InChI is InChI=1S/C16H22N6/c17-12-15(16(18)19)21-20-14-6-4-13(5-7-14)8-11-22-9-2-1-3-10-22/h4-7,20H,1-3,8-11H2,(H3,18,19)/b21-15+. The van der Waals surface area contributed by atoms with Gasteiger partial charge in [0.1, 0.15) is 6.07 Å². The number of anilines is 1. The number of likely N-dealkylation sites (tertiary alicyclic amines) is 1. The molecule has 1 aliphatic rings. The molecule has 22 heavy (non-hydrogen) atoms. The highest BCUT2D eigenvalue weighted by Crippen LogP contribution is 2.13. The lowest BCUT2D eigenvalue weighted by Gasteiger charge is -2.26. The first kappa shape index (κ1) is 16.0. The van der Waals surface area contributed by atoms with E-state index in [4.69, 9.17) is 16.4 Å². The minimum absolute atomic E-state index is 0.117. The summed E-state index contributed by atoms with van der Waals surface area (Å²) in [6.07, 6.45) is 5.04. The third-order valence-electron chi connectivity index (χ3n) is 3.78. The van der Waals surface area contributed by atoms with Crippen molar-refractivity contribution in [2.24, 2.45) is 10.8 Å². The number of hydrogen-bond acceptors (Lipinski definition) is 5. The van der Waals surface area contributed by atoms with Crippen LogP contribution in [0.4, 0.5) is 5.69 Å². The van der Waals surface area contributed by atoms with Crippen molar-refractivity contribution in [3.63, 3.8) is 0 Å². The maximum absolute atomic E-state index is 8.77. The Hall–Kier alpha value is -2.39. The first-order chi connectivity index (χ1) is 10.7. The molecule has 0 spiro atoms. The minimum atomic E-state index is -0.340. The molecule has 6 heteroatoms. The number of benzene rings is 1. The molecule has 0 radical (unpaired) electrons. The largest absolute Gasteiger partial charge is 0.382 e. The smallest absolute Gasteiger partial charge is 0.201 e. The van der Waals surface area contributed by atoms with Crippen LogP contribution in [0.15, 0.2) is 29.4 Å². The van der Waals surface area contributed by atoms with Gasteiger partial charge in [-0.2, -0.15) is 10.4 Å². The normalized spacial score (nSPS) is 16.0. The quantitative estimate of drug-likeness (QED) is 0.424. The van der Waals surface area contributed by atoms with E-state index in [9.17, 15) is 0 Å². The van der Waals surface area contributed by atoms with Crippen LogP contribution in [-0.4, -0.2) is 36.1 Å². The summed E-state index contributed by atoms with van der Waals surface area (Å²) in [6.45, 7) is 3.54. The van der Waals surface area contributed by atoms with Gasteiger partial charge in [0.2, 0.25) is 5.71 Å². The summed E-state index contributed by atoms with van der Waals surface area (Å²) in [4.78, 5) is 2.52. The number of nitrogens with one attached hydrogen (secondary N) is 2. The number of hydrogen-bond donors (Lipinski definition) is 3. The van der Waals surface area contributed by atoms with Crippen LogP contribution in [0.3, 0.4) is 0 Å². The second kappa shape index (κ2) is 8.15. The summed E-state index contributed by atoms with van der Waals surface area (Å²) in [7, 11) is 0. The van der Waals surface area contributed by atoms with E-state index in [1.54, 1.807) is 6.07 Å². The van der Waals surface area contributed by atoms with Crippen molar-refractivity contribution < 1.29 is 0 Å². The number of amidine groups is 1. The summed E-state index contributed by atoms with van der Waals surface area (Å²) < 4.78 is 0. The van der Waals surface area contributed by atoms with E-state index in [-0.39, 0.29) is 11.5 Å². The molecule has 1 aromatic carbocycles. The lowest BCUT2D eigenvalue weighted by Crippen LogP contribution is -2.31. The van der Waals surface area contributed by atoms with Gasteiger partial charge >= 0.3 is 0 Å². The Bertz CT molecular complexity index is 563. The van der Waals surface area contributed by atoms with Crippen molar-refractivity contribution in [3.8, 4) is 6.07 Å². The Labute approximate surface area is 131 Å². The molecule has 0 unspecified atom stereocenters. The van der Waals surface area contributed by atoms with Crippen molar-refractivity contribution in [3.05, 3.63) is 29.8 Å². The third kappa shape index (κ3) is 4.86. The minimum Gasteiger partial charge on any atom is -0.382 e. The molecule has 1 aliphatic heterocycles. The molecular weight excluding hydrogens is 276 g/mol. The van der Waals surface area contributed by atoms with Gasteiger partial charge < -0.3 is 10.6 Å². The van der Waals surface area contributed by atoms with Gasteiger partial charge in [0, 0.05) is 6.54 Å². The molecule has 116 valence electrons. The second-order valence-electron chi connectivity index (χ2n) is 5.45. The van der Waals surface area contributed by atoms with Crippen molar-refractivity contribution in [2.45, 2.75) is 25.7 Å². The molecule has 0 amide bonds. The van der Waals surface area contributed by atoms with Crippen LogP contribution in [0.5, 0.6) is 0 Å². The zero-order valence-corrected chi connectivity index (χ0v) is 12.7. The number of hydrazone groups is 1. The predicted molar refractivity (Wildman–Crippen MR) is 89.0 cm³/mol. The number of nitrogens with zero attached hydrogens (tertiary/aromatic N) is 3. The highest BCUT2D eigenvalue weighted by Gasteiger charge is 2.09. The topological polar surface area (TPSA) is 101 Å². The average molecular weight is 298 g/mol. The van der Waals surface area contributed by atoms with E-state index >= 15 is 0 Å². The Balaban J connectivity index is 1.85. The molecule has 1 saturated heterocycles. The fourth-order valence-corrected chi connectivity index (χ4v) is 2.48. The molecule has 0 aromatic heterocycles. The second-order valence-corrected chi connectivity index (χ2v) is 5.45. The lowest BCUT2D eigenvalue weighted by molar-refractivity contribution is 0.231. The van der Waals surface area contributed by atoms with E-state index in [0.29, 0.717) is 0 Å². The zero-order valence-electron chi connectivity index (χ0n) is 12.7. The van der Waals surface area contributed by atoms with E-state index in [1.807, 2.05) is 12.1 Å². The molecule has 0 atom stereocenters. The van der Waals surface area contributed by atoms with Gasteiger partial charge in [-0.1, -0.05) is 18.6 Å². The van der Waals surface area contributed by atoms with Gasteiger partial charge in [0.25, 0.3) is 0 Å². The van der Waals surface area contributed by atoms with Crippen LogP contribution >= 0.6 is 0 Å². The average Bonchev–Trinajstić information content (AvgIpc) is 2.55. The van der Waals surface area contributed by atoms with Crippen LogP contribution < -0.4 is 11.2 Å². The molecular formula is C16H22N6. The van der Waals surface area contributed by atoms with Crippen LogP contribution in [0, 0.1) is 16.7 Å². The van der Waals surface area contributed by atoms with E-state index < -0.39 is 0 Å². The van der Waals surface area contributed by atoms with E-state index in [1.165, 1.54) is 37.9 Å². The highest BCUT2D eigenvalue weighted by atomic mass is 15.3. The maximum atomic E-state index is 8.77. The lowest BCUT2D eigenvalue weighted by atomic mass is 10.1. The number of nitrogens with two attached hydrogens (primary N) is 1. The van der Waals surface area contributed by atoms with Crippen molar-refractivity contribution in [2.75, 3.05) is 25.1 Å². The van der Waals surface area contributed by atoms with Gasteiger partial charge in [-0.05, 0) is 50.0 Å². The van der Waals surface area contributed by atoms with Crippen molar-refractivity contribution in [1.82, 2.24) is 4.90 Å². The van der Waals surface area contributed by atoms with Gasteiger partial charge in [0.05, 0.1) is 5.69 Å². The zero-order chi connectivity index (χ0) is 15.8. The van der Waals surface area contributed by atoms with E-state index in [2.05, 4.69) is 27.6 Å². The van der Waals surface area contributed by atoms with Crippen molar-refractivity contribution >= 4 is 17.2 Å². The van der Waals surface area contributed by atoms with Crippen LogP contribution in [0.1, 0.15) is 24.8 Å². The Morgan fingerprint density at radius 2 is 1.95 bits per heavy atom. The van der Waals surface area contributed by atoms with Crippen LogP contribution in [-0.2, 0) is 6.42 Å². The highest BCUT2D eigenvalue weighted by molar-refractivity contribution is 6.45. The first-order valence-corrected chi connectivity index (χ1v) is 7.58. The number of nitriles is 1. The molecule has 6 nitrogen and oxygen atoms in total. The molecule has 1 aromatic rings. The van der Waals surface area contributed by atoms with Crippen LogP contribution in [0.25, 0.3) is 0 Å². The molecule has 0 aliphatic carbocycles. The molecule has 0 saturated carbocycles. The molecule has 1 heterocycles. The van der Waals surface area contributed by atoms with Crippen LogP contribution in [0.2, 0.25) is 0 Å². The SMILES string of the molecule is N#C/C(=N\Nc1ccc(CCN2CCCCC2)cc1)C(=N)N. The molecule has 2 rings (SSSR count). The summed E-state index contributed by atoms with van der Waals surface area (Å²) in [5.74, 6) is -0.340. The Kier molecular flexibility index (Phi) is 5.92. The molecule has 4 N–H and O–H groups in total. The summed E-state index contributed by atoms with van der Waals surface area (Å²) >= 11 is 0. The fraction of sp³-hybridized carbons (Fsp3) is 0.438. The third-order valence-corrected chi connectivity index (χ3v) is 3.78. The molecule has 0 bridgehead atoms. The maximum Gasteiger partial charge on any atom is 0.201 e. The summed E-state index contributed by atoms with van der Waals surface area (Å²) in [5.41, 5.74) is 9.92.